The van der Waals surface area contributed by atoms with Crippen LogP contribution < -0.4 is 10.0 Å². The summed E-state index contributed by atoms with van der Waals surface area (Å²) in [6.45, 7) is 4.78. The molecule has 0 radical (unpaired) electrons. The summed E-state index contributed by atoms with van der Waals surface area (Å²) in [4.78, 5) is 12.2. The molecule has 0 heterocycles. The van der Waals surface area contributed by atoms with Gasteiger partial charge < -0.3 is 5.32 Å². The van der Waals surface area contributed by atoms with Gasteiger partial charge in [-0.15, -0.1) is 0 Å². The Labute approximate surface area is 159 Å². The van der Waals surface area contributed by atoms with Crippen LogP contribution in [0.2, 0.25) is 5.02 Å². The number of amides is 1. The zero-order chi connectivity index (χ0) is 19.2. The third kappa shape index (κ3) is 5.83. The number of carbonyl (C=O) groups excluding carboxylic acids is 1. The summed E-state index contributed by atoms with van der Waals surface area (Å²) < 4.78 is 27.5. The second-order valence-electron chi connectivity index (χ2n) is 6.38. The quantitative estimate of drug-likeness (QED) is 0.718. The van der Waals surface area contributed by atoms with E-state index >= 15 is 0 Å². The van der Waals surface area contributed by atoms with Gasteiger partial charge in [-0.1, -0.05) is 49.7 Å². The van der Waals surface area contributed by atoms with Gasteiger partial charge in [-0.05, 0) is 42.2 Å². The van der Waals surface area contributed by atoms with Gasteiger partial charge in [0.25, 0.3) is 5.91 Å². The first kappa shape index (κ1) is 20.4. The number of hydrogen-bond donors (Lipinski definition) is 2. The predicted molar refractivity (Wildman–Crippen MR) is 104 cm³/mol. The van der Waals surface area contributed by atoms with E-state index < -0.39 is 10.0 Å². The summed E-state index contributed by atoms with van der Waals surface area (Å²) in [6.07, 6.45) is 0.864. The van der Waals surface area contributed by atoms with Crippen LogP contribution in [0.1, 0.15) is 36.2 Å². The first-order chi connectivity index (χ1) is 12.3. The van der Waals surface area contributed by atoms with Crippen LogP contribution in [0.3, 0.4) is 0 Å². The molecule has 0 spiro atoms. The molecule has 0 bridgehead atoms. The zero-order valence-corrected chi connectivity index (χ0v) is 16.4. The molecule has 0 aliphatic heterocycles. The predicted octanol–water partition coefficient (Wildman–Crippen LogP) is 3.59. The fourth-order valence-corrected chi connectivity index (χ4v) is 3.53. The van der Waals surface area contributed by atoms with Gasteiger partial charge in [0, 0.05) is 23.7 Å². The third-order valence-corrected chi connectivity index (χ3v) is 5.59. The van der Waals surface area contributed by atoms with Gasteiger partial charge in [0.05, 0.1) is 4.90 Å². The van der Waals surface area contributed by atoms with Crippen LogP contribution in [-0.2, 0) is 16.6 Å². The summed E-state index contributed by atoms with van der Waals surface area (Å²) >= 11 is 6.05. The van der Waals surface area contributed by atoms with E-state index in [0.717, 1.165) is 6.42 Å². The van der Waals surface area contributed by atoms with Crippen LogP contribution in [0.15, 0.2) is 53.4 Å². The van der Waals surface area contributed by atoms with Crippen molar-refractivity contribution in [2.24, 2.45) is 5.92 Å². The number of carbonyl (C=O) groups is 1. The minimum Gasteiger partial charge on any atom is -0.352 e. The van der Waals surface area contributed by atoms with Gasteiger partial charge in [0.1, 0.15) is 0 Å². The monoisotopic (exact) mass is 394 g/mol. The molecule has 0 unspecified atom stereocenters. The highest BCUT2D eigenvalue weighted by atomic mass is 35.5. The Morgan fingerprint density at radius 3 is 2.54 bits per heavy atom. The molecule has 2 N–H and O–H groups in total. The first-order valence-electron chi connectivity index (χ1n) is 8.41. The Balaban J connectivity index is 2.07. The van der Waals surface area contributed by atoms with Crippen molar-refractivity contribution in [1.29, 1.82) is 0 Å². The molecule has 0 saturated carbocycles. The summed E-state index contributed by atoms with van der Waals surface area (Å²) in [7, 11) is -3.75. The number of sulfonamides is 1. The molecular weight excluding hydrogens is 372 g/mol. The van der Waals surface area contributed by atoms with Crippen molar-refractivity contribution in [3.63, 3.8) is 0 Å². The molecule has 140 valence electrons. The van der Waals surface area contributed by atoms with Crippen molar-refractivity contribution in [2.45, 2.75) is 31.7 Å². The topological polar surface area (TPSA) is 75.3 Å². The van der Waals surface area contributed by atoms with Crippen LogP contribution in [0, 0.1) is 5.92 Å². The fourth-order valence-electron chi connectivity index (χ4n) is 2.28. The van der Waals surface area contributed by atoms with Crippen molar-refractivity contribution in [2.75, 3.05) is 6.54 Å². The maximum Gasteiger partial charge on any atom is 0.251 e. The van der Waals surface area contributed by atoms with E-state index in [9.17, 15) is 13.2 Å². The lowest BCUT2D eigenvalue weighted by atomic mass is 10.1. The molecule has 2 rings (SSSR count). The largest absolute Gasteiger partial charge is 0.352 e. The summed E-state index contributed by atoms with van der Waals surface area (Å²) in [5.41, 5.74) is 0.995. The van der Waals surface area contributed by atoms with Gasteiger partial charge in [0.2, 0.25) is 10.0 Å². The molecule has 0 aliphatic carbocycles. The third-order valence-electron chi connectivity index (χ3n) is 3.82. The molecule has 2 aromatic carbocycles. The SMILES string of the molecule is CC(C)CCNC(=O)c1cccc(S(=O)(=O)NCc2ccccc2Cl)c1. The van der Waals surface area contributed by atoms with E-state index in [-0.39, 0.29) is 17.3 Å². The van der Waals surface area contributed by atoms with Crippen molar-refractivity contribution in [3.05, 3.63) is 64.7 Å². The smallest absolute Gasteiger partial charge is 0.251 e. The van der Waals surface area contributed by atoms with Crippen LogP contribution in [-0.4, -0.2) is 20.9 Å². The molecule has 0 saturated heterocycles. The zero-order valence-electron chi connectivity index (χ0n) is 14.8. The average molecular weight is 395 g/mol. The summed E-state index contributed by atoms with van der Waals surface area (Å²) in [5, 5.41) is 3.30. The Kier molecular flexibility index (Phi) is 7.20. The molecular formula is C19H23ClN2O3S. The van der Waals surface area contributed by atoms with Crippen molar-refractivity contribution >= 4 is 27.5 Å². The van der Waals surface area contributed by atoms with Crippen LogP contribution in [0.4, 0.5) is 0 Å². The molecule has 1 amide bonds. The maximum absolute atomic E-state index is 12.5. The van der Waals surface area contributed by atoms with E-state index in [4.69, 9.17) is 11.6 Å². The normalized spacial score (nSPS) is 11.5. The summed E-state index contributed by atoms with van der Waals surface area (Å²) in [5.74, 6) is 0.199. The Morgan fingerprint density at radius 2 is 1.85 bits per heavy atom. The Hall–Kier alpha value is -1.89. The molecule has 7 heteroatoms. The van der Waals surface area contributed by atoms with Gasteiger partial charge >= 0.3 is 0 Å². The van der Waals surface area contributed by atoms with Crippen LogP contribution in [0.25, 0.3) is 0 Å². The Morgan fingerprint density at radius 1 is 1.12 bits per heavy atom. The lowest BCUT2D eigenvalue weighted by molar-refractivity contribution is 0.0952. The van der Waals surface area contributed by atoms with Crippen molar-refractivity contribution in [3.8, 4) is 0 Å². The lowest BCUT2D eigenvalue weighted by Crippen LogP contribution is -2.26. The number of halogens is 1. The molecule has 5 nitrogen and oxygen atoms in total. The van der Waals surface area contributed by atoms with Crippen molar-refractivity contribution in [1.82, 2.24) is 10.0 Å². The number of benzene rings is 2. The highest BCUT2D eigenvalue weighted by Crippen LogP contribution is 2.17. The highest BCUT2D eigenvalue weighted by molar-refractivity contribution is 7.89. The van der Waals surface area contributed by atoms with Gasteiger partial charge in [-0.2, -0.15) is 0 Å². The first-order valence-corrected chi connectivity index (χ1v) is 10.3. The molecule has 0 atom stereocenters. The lowest BCUT2D eigenvalue weighted by Gasteiger charge is -2.10. The van der Waals surface area contributed by atoms with Gasteiger partial charge in [-0.3, -0.25) is 4.79 Å². The molecule has 26 heavy (non-hydrogen) atoms. The van der Waals surface area contributed by atoms with Gasteiger partial charge in [-0.25, -0.2) is 13.1 Å². The van der Waals surface area contributed by atoms with E-state index in [1.54, 1.807) is 36.4 Å². The molecule has 0 fully saturated rings. The van der Waals surface area contributed by atoms with Crippen LogP contribution >= 0.6 is 11.6 Å². The van der Waals surface area contributed by atoms with Crippen LogP contribution in [0.5, 0.6) is 0 Å². The van der Waals surface area contributed by atoms with E-state index in [1.165, 1.54) is 12.1 Å². The molecule has 0 aliphatic rings. The molecule has 0 aromatic heterocycles. The average Bonchev–Trinajstić information content (AvgIpc) is 2.61. The van der Waals surface area contributed by atoms with E-state index in [0.29, 0.717) is 28.6 Å². The Bertz CT molecular complexity index is 867. The number of rotatable bonds is 8. The highest BCUT2D eigenvalue weighted by Gasteiger charge is 2.16. The van der Waals surface area contributed by atoms with Gasteiger partial charge in [0.15, 0.2) is 0 Å². The standard InChI is InChI=1S/C19H23ClN2O3S/c1-14(2)10-11-21-19(23)15-7-5-8-17(12-15)26(24,25)22-13-16-6-3-4-9-18(16)20/h3-9,12,14,22H,10-11,13H2,1-2H3,(H,21,23). The second-order valence-corrected chi connectivity index (χ2v) is 8.56. The summed E-state index contributed by atoms with van der Waals surface area (Å²) in [6, 6.07) is 13.0. The minimum absolute atomic E-state index is 0.0427. The molecule has 2 aromatic rings. The fraction of sp³-hybridized carbons (Fsp3) is 0.316. The maximum atomic E-state index is 12.5. The number of hydrogen-bond acceptors (Lipinski definition) is 3. The number of nitrogens with one attached hydrogen (secondary N) is 2. The second kappa shape index (κ2) is 9.16. The van der Waals surface area contributed by atoms with E-state index in [2.05, 4.69) is 23.9 Å². The van der Waals surface area contributed by atoms with E-state index in [1.807, 2.05) is 0 Å². The minimum atomic E-state index is -3.75. The van der Waals surface area contributed by atoms with Crippen molar-refractivity contribution < 1.29 is 13.2 Å².